The van der Waals surface area contributed by atoms with Crippen molar-refractivity contribution in [3.63, 3.8) is 0 Å². The Hall–Kier alpha value is -1.99. The molecule has 1 rings (SSSR count). The van der Waals surface area contributed by atoms with Crippen molar-refractivity contribution >= 4 is 11.8 Å². The number of carbonyl (C=O) groups excluding carboxylic acids is 1. The molecule has 4 nitrogen and oxygen atoms in total. The second kappa shape index (κ2) is 7.36. The highest BCUT2D eigenvalue weighted by Crippen LogP contribution is 2.10. The first-order valence-electron chi connectivity index (χ1n) is 5.75. The number of aliphatic hydroxyl groups is 1. The minimum atomic E-state index is -0.476. The molecule has 96 valence electrons. The number of rotatable bonds is 3. The second-order valence-electron chi connectivity index (χ2n) is 4.16. The standard InChI is InChI=1S/C14H17NO3/c1-11(2)10-18-14(17)15-13-7-3-5-12(9-13)6-4-8-16/h3,5,7,9,11,16H,8,10H2,1-2H3,(H,15,17). The fourth-order valence-electron chi connectivity index (χ4n) is 1.21. The Kier molecular flexibility index (Phi) is 5.75. The summed E-state index contributed by atoms with van der Waals surface area (Å²) in [6, 6.07) is 7.05. The maximum absolute atomic E-state index is 11.4. The van der Waals surface area contributed by atoms with Crippen molar-refractivity contribution in [3.05, 3.63) is 29.8 Å². The number of amides is 1. The minimum absolute atomic E-state index is 0.186. The molecule has 0 aliphatic rings. The van der Waals surface area contributed by atoms with Crippen molar-refractivity contribution in [1.29, 1.82) is 0 Å². The Morgan fingerprint density at radius 3 is 2.94 bits per heavy atom. The molecule has 18 heavy (non-hydrogen) atoms. The van der Waals surface area contributed by atoms with E-state index in [0.29, 0.717) is 18.2 Å². The maximum Gasteiger partial charge on any atom is 0.411 e. The zero-order valence-corrected chi connectivity index (χ0v) is 10.6. The van der Waals surface area contributed by atoms with Gasteiger partial charge in [0, 0.05) is 11.3 Å². The van der Waals surface area contributed by atoms with Crippen LogP contribution in [0.2, 0.25) is 0 Å². The normalized spacial score (nSPS) is 9.56. The zero-order valence-electron chi connectivity index (χ0n) is 10.6. The Morgan fingerprint density at radius 2 is 2.28 bits per heavy atom. The van der Waals surface area contributed by atoms with Gasteiger partial charge in [0.05, 0.1) is 6.61 Å². The van der Waals surface area contributed by atoms with Gasteiger partial charge in [-0.25, -0.2) is 4.79 Å². The zero-order chi connectivity index (χ0) is 13.4. The van der Waals surface area contributed by atoms with Crippen LogP contribution < -0.4 is 5.32 Å². The van der Waals surface area contributed by atoms with Gasteiger partial charge in [-0.1, -0.05) is 31.8 Å². The summed E-state index contributed by atoms with van der Waals surface area (Å²) in [5, 5.41) is 11.2. The van der Waals surface area contributed by atoms with Crippen LogP contribution in [0.3, 0.4) is 0 Å². The molecule has 4 heteroatoms. The van der Waals surface area contributed by atoms with Crippen LogP contribution in [0.5, 0.6) is 0 Å². The first-order chi connectivity index (χ1) is 8.61. The number of anilines is 1. The number of benzene rings is 1. The van der Waals surface area contributed by atoms with Crippen LogP contribution >= 0.6 is 0 Å². The van der Waals surface area contributed by atoms with Crippen molar-refractivity contribution in [2.45, 2.75) is 13.8 Å². The van der Waals surface area contributed by atoms with Crippen molar-refractivity contribution in [2.24, 2.45) is 5.92 Å². The third-order valence-corrected chi connectivity index (χ3v) is 1.97. The third-order valence-electron chi connectivity index (χ3n) is 1.97. The summed E-state index contributed by atoms with van der Waals surface area (Å²) in [4.78, 5) is 11.4. The number of hydrogen-bond donors (Lipinski definition) is 2. The van der Waals surface area contributed by atoms with Gasteiger partial charge in [0.2, 0.25) is 0 Å². The van der Waals surface area contributed by atoms with Crippen LogP contribution in [0.1, 0.15) is 19.4 Å². The van der Waals surface area contributed by atoms with Gasteiger partial charge in [0.25, 0.3) is 0 Å². The molecule has 0 unspecified atom stereocenters. The quantitative estimate of drug-likeness (QED) is 0.805. The van der Waals surface area contributed by atoms with Crippen LogP contribution in [0.4, 0.5) is 10.5 Å². The molecule has 0 aromatic heterocycles. The van der Waals surface area contributed by atoms with E-state index in [9.17, 15) is 4.79 Å². The van der Waals surface area contributed by atoms with E-state index in [4.69, 9.17) is 9.84 Å². The highest BCUT2D eigenvalue weighted by molar-refractivity contribution is 5.84. The average molecular weight is 247 g/mol. The lowest BCUT2D eigenvalue weighted by molar-refractivity contribution is 0.147. The molecule has 0 saturated heterocycles. The summed E-state index contributed by atoms with van der Waals surface area (Å²) < 4.78 is 5.00. The topological polar surface area (TPSA) is 58.6 Å². The smallest absolute Gasteiger partial charge is 0.411 e. The molecule has 0 saturated carbocycles. The molecule has 1 aromatic carbocycles. The molecule has 1 amide bonds. The van der Waals surface area contributed by atoms with E-state index in [-0.39, 0.29) is 6.61 Å². The fourth-order valence-corrected chi connectivity index (χ4v) is 1.21. The van der Waals surface area contributed by atoms with E-state index in [2.05, 4.69) is 17.2 Å². The van der Waals surface area contributed by atoms with Gasteiger partial charge >= 0.3 is 6.09 Å². The van der Waals surface area contributed by atoms with Crippen LogP contribution in [0.25, 0.3) is 0 Å². The molecular weight excluding hydrogens is 230 g/mol. The van der Waals surface area contributed by atoms with E-state index in [1.807, 2.05) is 13.8 Å². The fraction of sp³-hybridized carbons (Fsp3) is 0.357. The lowest BCUT2D eigenvalue weighted by atomic mass is 10.2. The Morgan fingerprint density at radius 1 is 1.50 bits per heavy atom. The van der Waals surface area contributed by atoms with Gasteiger partial charge in [-0.15, -0.1) is 0 Å². The van der Waals surface area contributed by atoms with E-state index in [0.717, 1.165) is 5.56 Å². The molecule has 0 radical (unpaired) electrons. The molecule has 1 aromatic rings. The number of hydrogen-bond acceptors (Lipinski definition) is 3. The summed E-state index contributed by atoms with van der Waals surface area (Å²) >= 11 is 0. The van der Waals surface area contributed by atoms with Crippen LogP contribution in [0, 0.1) is 17.8 Å². The SMILES string of the molecule is CC(C)COC(=O)Nc1cccc(C#CCO)c1. The van der Waals surface area contributed by atoms with E-state index < -0.39 is 6.09 Å². The van der Waals surface area contributed by atoms with Crippen LogP contribution in [0.15, 0.2) is 24.3 Å². The number of carbonyl (C=O) groups is 1. The van der Waals surface area contributed by atoms with Gasteiger partial charge in [0.1, 0.15) is 6.61 Å². The molecule has 2 N–H and O–H groups in total. The highest BCUT2D eigenvalue weighted by Gasteiger charge is 2.04. The lowest BCUT2D eigenvalue weighted by Crippen LogP contribution is -2.16. The van der Waals surface area contributed by atoms with E-state index >= 15 is 0 Å². The summed E-state index contributed by atoms with van der Waals surface area (Å²) in [6.45, 7) is 4.14. The van der Waals surface area contributed by atoms with Gasteiger partial charge in [0.15, 0.2) is 0 Å². The monoisotopic (exact) mass is 247 g/mol. The largest absolute Gasteiger partial charge is 0.449 e. The first kappa shape index (κ1) is 14.1. The maximum atomic E-state index is 11.4. The molecule has 0 fully saturated rings. The van der Waals surface area contributed by atoms with Crippen molar-refractivity contribution in [2.75, 3.05) is 18.5 Å². The molecule has 0 heterocycles. The third kappa shape index (κ3) is 5.37. The highest BCUT2D eigenvalue weighted by atomic mass is 16.5. The average Bonchev–Trinajstić information content (AvgIpc) is 2.34. The molecule has 0 bridgehead atoms. The number of nitrogens with one attached hydrogen (secondary N) is 1. The molecule has 0 atom stereocenters. The number of aliphatic hydroxyl groups excluding tert-OH is 1. The summed E-state index contributed by atoms with van der Waals surface area (Å²) in [5.41, 5.74) is 1.35. The summed E-state index contributed by atoms with van der Waals surface area (Å²) in [5.74, 6) is 5.62. The molecular formula is C14H17NO3. The lowest BCUT2D eigenvalue weighted by Gasteiger charge is -2.08. The minimum Gasteiger partial charge on any atom is -0.449 e. The molecule has 0 spiro atoms. The predicted molar refractivity (Wildman–Crippen MR) is 70.2 cm³/mol. The van der Waals surface area contributed by atoms with Crippen LogP contribution in [-0.2, 0) is 4.74 Å². The van der Waals surface area contributed by atoms with Crippen molar-refractivity contribution in [1.82, 2.24) is 0 Å². The summed E-state index contributed by atoms with van der Waals surface area (Å²) in [6.07, 6.45) is -0.476. The predicted octanol–water partition coefficient (Wildman–Crippen LogP) is 2.23. The van der Waals surface area contributed by atoms with E-state index in [1.165, 1.54) is 0 Å². The van der Waals surface area contributed by atoms with Gasteiger partial charge in [-0.2, -0.15) is 0 Å². The Bertz CT molecular complexity index is 458. The van der Waals surface area contributed by atoms with Crippen LogP contribution in [-0.4, -0.2) is 24.4 Å². The molecule has 0 aliphatic heterocycles. The number of ether oxygens (including phenoxy) is 1. The Labute approximate surface area is 107 Å². The molecule has 0 aliphatic carbocycles. The van der Waals surface area contributed by atoms with Gasteiger partial charge in [-0.05, 0) is 24.1 Å². The second-order valence-corrected chi connectivity index (χ2v) is 4.16. The summed E-state index contributed by atoms with van der Waals surface area (Å²) in [7, 11) is 0. The van der Waals surface area contributed by atoms with Gasteiger partial charge < -0.3 is 9.84 Å². The van der Waals surface area contributed by atoms with Gasteiger partial charge in [-0.3, -0.25) is 5.32 Å². The van der Waals surface area contributed by atoms with Crippen molar-refractivity contribution in [3.8, 4) is 11.8 Å². The first-order valence-corrected chi connectivity index (χ1v) is 5.75. The van der Waals surface area contributed by atoms with Crippen molar-refractivity contribution < 1.29 is 14.6 Å². The Balaban J connectivity index is 2.59. The van der Waals surface area contributed by atoms with E-state index in [1.54, 1.807) is 24.3 Å².